The Morgan fingerprint density at radius 3 is 2.95 bits per heavy atom. The van der Waals surface area contributed by atoms with Crippen LogP contribution in [-0.4, -0.2) is 19.5 Å². The number of carbonyl (C=O) groups is 1. The van der Waals surface area contributed by atoms with Crippen LogP contribution < -0.4 is 10.6 Å². The quantitative estimate of drug-likeness (QED) is 0.863. The summed E-state index contributed by atoms with van der Waals surface area (Å²) in [5, 5.41) is 1.73. The molecule has 1 amide bonds. The summed E-state index contributed by atoms with van der Waals surface area (Å²) >= 11 is 1.38. The Morgan fingerprint density at radius 1 is 1.45 bits per heavy atom. The maximum atomic E-state index is 13.2. The maximum Gasteiger partial charge on any atom is 0.258 e. The van der Waals surface area contributed by atoms with E-state index in [9.17, 15) is 9.18 Å². The van der Waals surface area contributed by atoms with E-state index < -0.39 is 0 Å². The van der Waals surface area contributed by atoms with Crippen molar-refractivity contribution in [2.75, 3.05) is 18.5 Å². The van der Waals surface area contributed by atoms with Crippen LogP contribution in [0.4, 0.5) is 10.1 Å². The molecule has 0 bridgehead atoms. The zero-order valence-corrected chi connectivity index (χ0v) is 11.7. The third kappa shape index (κ3) is 3.23. The van der Waals surface area contributed by atoms with Crippen LogP contribution in [0.5, 0.6) is 0 Å². The molecule has 1 heterocycles. The van der Waals surface area contributed by atoms with Gasteiger partial charge in [0.15, 0.2) is 0 Å². The number of amides is 1. The lowest BCUT2D eigenvalue weighted by atomic mass is 10.2. The molecule has 2 N–H and O–H groups in total. The predicted octanol–water partition coefficient (Wildman–Crippen LogP) is 2.47. The van der Waals surface area contributed by atoms with Gasteiger partial charge in [0.1, 0.15) is 5.82 Å². The zero-order valence-electron chi connectivity index (χ0n) is 10.9. The second-order valence-corrected chi connectivity index (χ2v) is 4.96. The SMILES string of the molecule is CN(C(=O)c1csc(C#CCN)c1)c1cccc(F)c1. The number of rotatable bonds is 2. The van der Waals surface area contributed by atoms with E-state index in [1.54, 1.807) is 30.6 Å². The van der Waals surface area contributed by atoms with E-state index in [1.807, 2.05) is 0 Å². The van der Waals surface area contributed by atoms with Crippen molar-refractivity contribution >= 4 is 22.9 Å². The zero-order chi connectivity index (χ0) is 14.5. The van der Waals surface area contributed by atoms with Crippen LogP contribution in [-0.2, 0) is 0 Å². The van der Waals surface area contributed by atoms with Crippen molar-refractivity contribution in [1.29, 1.82) is 0 Å². The van der Waals surface area contributed by atoms with E-state index in [0.717, 1.165) is 4.88 Å². The molecule has 2 aromatic rings. The van der Waals surface area contributed by atoms with Gasteiger partial charge in [-0.05, 0) is 24.3 Å². The van der Waals surface area contributed by atoms with E-state index in [1.165, 1.54) is 28.4 Å². The second-order valence-electron chi connectivity index (χ2n) is 4.05. The van der Waals surface area contributed by atoms with Gasteiger partial charge in [-0.25, -0.2) is 4.39 Å². The van der Waals surface area contributed by atoms with Crippen molar-refractivity contribution in [3.8, 4) is 11.8 Å². The molecule has 20 heavy (non-hydrogen) atoms. The first-order valence-corrected chi connectivity index (χ1v) is 6.81. The number of carbonyl (C=O) groups excluding carboxylic acids is 1. The highest BCUT2D eigenvalue weighted by Gasteiger charge is 2.15. The number of halogens is 1. The number of hydrogen-bond acceptors (Lipinski definition) is 3. The van der Waals surface area contributed by atoms with E-state index >= 15 is 0 Å². The Bertz CT molecular complexity index is 684. The average Bonchev–Trinajstić information content (AvgIpc) is 2.92. The van der Waals surface area contributed by atoms with Gasteiger partial charge in [0, 0.05) is 18.1 Å². The van der Waals surface area contributed by atoms with Crippen LogP contribution in [0, 0.1) is 17.7 Å². The molecule has 1 aromatic carbocycles. The third-order valence-electron chi connectivity index (χ3n) is 2.66. The topological polar surface area (TPSA) is 46.3 Å². The molecule has 3 nitrogen and oxygen atoms in total. The lowest BCUT2D eigenvalue weighted by Gasteiger charge is -2.16. The molecule has 1 aromatic heterocycles. The van der Waals surface area contributed by atoms with Crippen LogP contribution in [0.25, 0.3) is 0 Å². The highest BCUT2D eigenvalue weighted by atomic mass is 32.1. The molecule has 0 spiro atoms. The largest absolute Gasteiger partial charge is 0.320 e. The van der Waals surface area contributed by atoms with Gasteiger partial charge in [0.25, 0.3) is 5.91 Å². The summed E-state index contributed by atoms with van der Waals surface area (Å²) in [6.45, 7) is 0.282. The normalized spacial score (nSPS) is 9.75. The monoisotopic (exact) mass is 288 g/mol. The molecule has 0 radical (unpaired) electrons. The van der Waals surface area contributed by atoms with Crippen molar-refractivity contribution in [3.63, 3.8) is 0 Å². The number of nitrogens with two attached hydrogens (primary N) is 1. The van der Waals surface area contributed by atoms with Crippen molar-refractivity contribution in [1.82, 2.24) is 0 Å². The number of nitrogens with zero attached hydrogens (tertiary/aromatic N) is 1. The summed E-state index contributed by atoms with van der Waals surface area (Å²) in [7, 11) is 1.61. The summed E-state index contributed by atoms with van der Waals surface area (Å²) in [5.74, 6) is 5.04. The number of benzene rings is 1. The Morgan fingerprint density at radius 2 is 2.25 bits per heavy atom. The third-order valence-corrected chi connectivity index (χ3v) is 3.51. The summed E-state index contributed by atoms with van der Waals surface area (Å²) in [4.78, 5) is 14.5. The van der Waals surface area contributed by atoms with Gasteiger partial charge in [0.2, 0.25) is 0 Å². The van der Waals surface area contributed by atoms with Crippen LogP contribution >= 0.6 is 11.3 Å². The minimum Gasteiger partial charge on any atom is -0.320 e. The van der Waals surface area contributed by atoms with Crippen LogP contribution in [0.3, 0.4) is 0 Å². The fourth-order valence-corrected chi connectivity index (χ4v) is 2.40. The Kier molecular flexibility index (Phi) is 4.51. The average molecular weight is 288 g/mol. The lowest BCUT2D eigenvalue weighted by Crippen LogP contribution is -2.25. The van der Waals surface area contributed by atoms with Crippen LogP contribution in [0.1, 0.15) is 15.2 Å². The second kappa shape index (κ2) is 6.33. The van der Waals surface area contributed by atoms with E-state index in [0.29, 0.717) is 11.3 Å². The Hall–Kier alpha value is -2.16. The molecule has 0 aliphatic rings. The van der Waals surface area contributed by atoms with Crippen LogP contribution in [0.2, 0.25) is 0 Å². The van der Waals surface area contributed by atoms with Gasteiger partial charge in [0.05, 0.1) is 17.0 Å². The van der Waals surface area contributed by atoms with Gasteiger partial charge in [-0.1, -0.05) is 17.9 Å². The number of anilines is 1. The smallest absolute Gasteiger partial charge is 0.258 e. The minimum absolute atomic E-state index is 0.201. The first kappa shape index (κ1) is 14.3. The molecular weight excluding hydrogens is 275 g/mol. The maximum absolute atomic E-state index is 13.2. The Balaban J connectivity index is 2.20. The van der Waals surface area contributed by atoms with Crippen LogP contribution in [0.15, 0.2) is 35.7 Å². The molecule has 0 aliphatic heterocycles. The molecule has 5 heteroatoms. The Labute approximate surface area is 120 Å². The van der Waals surface area contributed by atoms with Gasteiger partial charge in [-0.3, -0.25) is 4.79 Å². The number of thiophene rings is 1. The van der Waals surface area contributed by atoms with Gasteiger partial charge < -0.3 is 10.6 Å². The highest BCUT2D eigenvalue weighted by Crippen LogP contribution is 2.20. The molecule has 0 aliphatic carbocycles. The molecular formula is C15H13FN2OS. The molecule has 0 atom stereocenters. The fraction of sp³-hybridized carbons (Fsp3) is 0.133. The fourth-order valence-electron chi connectivity index (χ4n) is 1.65. The molecule has 0 saturated heterocycles. The first-order chi connectivity index (χ1) is 9.61. The summed E-state index contributed by atoms with van der Waals surface area (Å²) < 4.78 is 13.2. The van der Waals surface area contributed by atoms with E-state index in [2.05, 4.69) is 11.8 Å². The highest BCUT2D eigenvalue weighted by molar-refractivity contribution is 7.10. The van der Waals surface area contributed by atoms with E-state index in [-0.39, 0.29) is 18.3 Å². The predicted molar refractivity (Wildman–Crippen MR) is 79.4 cm³/mol. The van der Waals surface area contributed by atoms with Gasteiger partial charge in [-0.2, -0.15) is 0 Å². The molecule has 0 unspecified atom stereocenters. The first-order valence-electron chi connectivity index (χ1n) is 5.93. The van der Waals surface area contributed by atoms with Crippen molar-refractivity contribution in [3.05, 3.63) is 52.0 Å². The lowest BCUT2D eigenvalue weighted by molar-refractivity contribution is 0.0993. The molecule has 0 fully saturated rings. The molecule has 0 saturated carbocycles. The van der Waals surface area contributed by atoms with Gasteiger partial charge >= 0.3 is 0 Å². The number of hydrogen-bond donors (Lipinski definition) is 1. The molecule has 2 rings (SSSR count). The summed E-state index contributed by atoms with van der Waals surface area (Å²) in [5.41, 5.74) is 6.34. The molecule has 102 valence electrons. The summed E-state index contributed by atoms with van der Waals surface area (Å²) in [6.07, 6.45) is 0. The van der Waals surface area contributed by atoms with Crippen molar-refractivity contribution < 1.29 is 9.18 Å². The summed E-state index contributed by atoms with van der Waals surface area (Å²) in [6, 6.07) is 7.63. The van der Waals surface area contributed by atoms with Gasteiger partial charge in [-0.15, -0.1) is 11.3 Å². The standard InChI is InChI=1S/C15H13FN2OS/c1-18(13-5-2-4-12(16)9-13)15(19)11-8-14(20-10-11)6-3-7-17/h2,4-5,8-10H,7,17H2,1H3. The van der Waals surface area contributed by atoms with Crippen molar-refractivity contribution in [2.24, 2.45) is 5.73 Å². The minimum atomic E-state index is -0.373. The van der Waals surface area contributed by atoms with E-state index in [4.69, 9.17) is 5.73 Å². The van der Waals surface area contributed by atoms with Crippen molar-refractivity contribution in [2.45, 2.75) is 0 Å².